The summed E-state index contributed by atoms with van der Waals surface area (Å²) in [4.78, 5) is 11.5. The Kier molecular flexibility index (Phi) is 5.37. The van der Waals surface area contributed by atoms with E-state index in [1.165, 1.54) is 18.2 Å². The molecule has 0 aliphatic carbocycles. The molecule has 2 N–H and O–H groups in total. The topological polar surface area (TPSA) is 73.1 Å². The van der Waals surface area contributed by atoms with Gasteiger partial charge in [-0.1, -0.05) is 0 Å². The van der Waals surface area contributed by atoms with Crippen LogP contribution in [0.3, 0.4) is 0 Å². The van der Waals surface area contributed by atoms with Crippen LogP contribution >= 0.6 is 11.8 Å². The maximum absolute atomic E-state index is 11.5. The van der Waals surface area contributed by atoms with Crippen LogP contribution in [0.2, 0.25) is 0 Å². The fraction of sp³-hybridized carbons (Fsp3) is 0.333. The van der Waals surface area contributed by atoms with Crippen molar-refractivity contribution < 1.29 is 9.90 Å². The van der Waals surface area contributed by atoms with Crippen molar-refractivity contribution in [3.05, 3.63) is 23.8 Å². The fourth-order valence-electron chi connectivity index (χ4n) is 1.30. The number of benzene rings is 1. The predicted molar refractivity (Wildman–Crippen MR) is 69.1 cm³/mol. The van der Waals surface area contributed by atoms with Gasteiger partial charge in [0.05, 0.1) is 17.3 Å². The van der Waals surface area contributed by atoms with Crippen LogP contribution in [0.5, 0.6) is 5.75 Å². The lowest BCUT2D eigenvalue weighted by atomic mass is 10.2. The predicted octanol–water partition coefficient (Wildman–Crippen LogP) is 2.35. The van der Waals surface area contributed by atoms with Gasteiger partial charge in [-0.05, 0) is 36.6 Å². The summed E-state index contributed by atoms with van der Waals surface area (Å²) < 4.78 is 0. The fourth-order valence-corrected chi connectivity index (χ4v) is 1.73. The number of thioether (sulfide) groups is 1. The Hall–Kier alpha value is -1.67. The first-order valence-electron chi connectivity index (χ1n) is 5.19. The summed E-state index contributed by atoms with van der Waals surface area (Å²) in [5.74, 6) is 0.754. The van der Waals surface area contributed by atoms with Crippen molar-refractivity contribution in [2.45, 2.75) is 12.8 Å². The Balaban J connectivity index is 2.61. The van der Waals surface area contributed by atoms with Crippen molar-refractivity contribution in [2.75, 3.05) is 17.3 Å². The van der Waals surface area contributed by atoms with Gasteiger partial charge in [0, 0.05) is 6.42 Å². The highest BCUT2D eigenvalue weighted by Gasteiger charge is 2.07. The van der Waals surface area contributed by atoms with E-state index < -0.39 is 0 Å². The summed E-state index contributed by atoms with van der Waals surface area (Å²) in [5, 5.41) is 20.8. The molecule has 90 valence electrons. The Morgan fingerprint density at radius 1 is 1.59 bits per heavy atom. The number of amides is 1. The number of phenolic OH excluding ortho intramolecular Hbond substituents is 1. The number of anilines is 1. The van der Waals surface area contributed by atoms with Gasteiger partial charge < -0.3 is 10.4 Å². The first-order valence-corrected chi connectivity index (χ1v) is 6.58. The van der Waals surface area contributed by atoms with Crippen molar-refractivity contribution >= 4 is 23.4 Å². The van der Waals surface area contributed by atoms with Crippen molar-refractivity contribution in [2.24, 2.45) is 0 Å². The number of nitriles is 1. The summed E-state index contributed by atoms with van der Waals surface area (Å²) in [7, 11) is 0. The standard InChI is InChI=1S/C12H14N2O2S/c1-17-6-2-3-12(16)14-10-7-9(8-13)4-5-11(10)15/h4-5,7,15H,2-3,6H2,1H3,(H,14,16). The zero-order chi connectivity index (χ0) is 12.7. The molecular weight excluding hydrogens is 236 g/mol. The number of nitrogens with one attached hydrogen (secondary N) is 1. The summed E-state index contributed by atoms with van der Waals surface area (Å²) in [6.07, 6.45) is 3.20. The molecule has 0 saturated carbocycles. The molecule has 1 rings (SSSR count). The average molecular weight is 250 g/mol. The number of aromatic hydroxyl groups is 1. The van der Waals surface area contributed by atoms with E-state index in [0.29, 0.717) is 17.7 Å². The highest BCUT2D eigenvalue weighted by Crippen LogP contribution is 2.24. The molecule has 0 saturated heterocycles. The smallest absolute Gasteiger partial charge is 0.224 e. The van der Waals surface area contributed by atoms with Gasteiger partial charge in [-0.25, -0.2) is 0 Å². The molecule has 0 atom stereocenters. The van der Waals surface area contributed by atoms with E-state index in [-0.39, 0.29) is 11.7 Å². The minimum atomic E-state index is -0.149. The number of carbonyl (C=O) groups excluding carboxylic acids is 1. The third-order valence-corrected chi connectivity index (χ3v) is 2.85. The van der Waals surface area contributed by atoms with E-state index in [2.05, 4.69) is 5.32 Å². The largest absolute Gasteiger partial charge is 0.506 e. The third kappa shape index (κ3) is 4.37. The minimum Gasteiger partial charge on any atom is -0.506 e. The van der Waals surface area contributed by atoms with Crippen LogP contribution in [-0.2, 0) is 4.79 Å². The maximum Gasteiger partial charge on any atom is 0.224 e. The molecule has 0 spiro atoms. The lowest BCUT2D eigenvalue weighted by molar-refractivity contribution is -0.116. The monoisotopic (exact) mass is 250 g/mol. The quantitative estimate of drug-likeness (QED) is 0.621. The maximum atomic E-state index is 11.5. The van der Waals surface area contributed by atoms with Gasteiger partial charge in [-0.2, -0.15) is 17.0 Å². The van der Waals surface area contributed by atoms with Crippen molar-refractivity contribution in [1.29, 1.82) is 5.26 Å². The molecule has 0 radical (unpaired) electrons. The molecule has 0 fully saturated rings. The second-order valence-corrected chi connectivity index (χ2v) is 4.47. The number of hydrogen-bond acceptors (Lipinski definition) is 4. The van der Waals surface area contributed by atoms with E-state index in [1.807, 2.05) is 12.3 Å². The van der Waals surface area contributed by atoms with Crippen LogP contribution in [0.1, 0.15) is 18.4 Å². The Morgan fingerprint density at radius 2 is 2.35 bits per heavy atom. The number of rotatable bonds is 5. The van der Waals surface area contributed by atoms with Gasteiger partial charge in [-0.15, -0.1) is 0 Å². The van der Waals surface area contributed by atoms with Crippen LogP contribution in [0.4, 0.5) is 5.69 Å². The Labute approximate surface area is 105 Å². The molecule has 17 heavy (non-hydrogen) atoms. The van der Waals surface area contributed by atoms with Crippen molar-refractivity contribution in [3.63, 3.8) is 0 Å². The van der Waals surface area contributed by atoms with Crippen LogP contribution < -0.4 is 5.32 Å². The van der Waals surface area contributed by atoms with E-state index in [9.17, 15) is 9.90 Å². The van der Waals surface area contributed by atoms with Crippen LogP contribution in [0.25, 0.3) is 0 Å². The van der Waals surface area contributed by atoms with Crippen molar-refractivity contribution in [1.82, 2.24) is 0 Å². The molecule has 0 unspecified atom stereocenters. The SMILES string of the molecule is CSCCCC(=O)Nc1cc(C#N)ccc1O. The average Bonchev–Trinajstić information content (AvgIpc) is 2.32. The Morgan fingerprint density at radius 3 is 3.00 bits per heavy atom. The summed E-state index contributed by atoms with van der Waals surface area (Å²) in [6.45, 7) is 0. The molecule has 0 bridgehead atoms. The third-order valence-electron chi connectivity index (χ3n) is 2.15. The molecule has 0 heterocycles. The minimum absolute atomic E-state index is 0.0257. The van der Waals surface area contributed by atoms with Crippen molar-refractivity contribution in [3.8, 4) is 11.8 Å². The molecule has 4 nitrogen and oxygen atoms in total. The summed E-state index contributed by atoms with van der Waals surface area (Å²) in [6, 6.07) is 6.31. The molecular formula is C12H14N2O2S. The van der Waals surface area contributed by atoms with E-state index >= 15 is 0 Å². The van der Waals surface area contributed by atoms with E-state index in [4.69, 9.17) is 5.26 Å². The molecule has 5 heteroatoms. The molecule has 0 aliphatic heterocycles. The Bertz CT molecular complexity index is 441. The second kappa shape index (κ2) is 6.81. The molecule has 1 amide bonds. The zero-order valence-electron chi connectivity index (χ0n) is 9.56. The first-order chi connectivity index (χ1) is 8.17. The molecule has 0 aromatic heterocycles. The highest BCUT2D eigenvalue weighted by molar-refractivity contribution is 7.98. The number of hydrogen-bond donors (Lipinski definition) is 2. The van der Waals surface area contributed by atoms with Gasteiger partial charge >= 0.3 is 0 Å². The molecule has 1 aromatic rings. The van der Waals surface area contributed by atoms with Crippen LogP contribution in [0, 0.1) is 11.3 Å². The van der Waals surface area contributed by atoms with Gasteiger partial charge in [0.25, 0.3) is 0 Å². The lowest BCUT2D eigenvalue weighted by Crippen LogP contribution is -2.11. The summed E-state index contributed by atoms with van der Waals surface area (Å²) in [5.41, 5.74) is 0.695. The first kappa shape index (κ1) is 13.4. The van der Waals surface area contributed by atoms with Gasteiger partial charge in [-0.3, -0.25) is 4.79 Å². The molecule has 0 aliphatic rings. The molecule has 1 aromatic carbocycles. The van der Waals surface area contributed by atoms with Gasteiger partial charge in [0.2, 0.25) is 5.91 Å². The van der Waals surface area contributed by atoms with E-state index in [0.717, 1.165) is 12.2 Å². The van der Waals surface area contributed by atoms with Crippen LogP contribution in [-0.4, -0.2) is 23.0 Å². The lowest BCUT2D eigenvalue weighted by Gasteiger charge is -2.07. The van der Waals surface area contributed by atoms with Crippen LogP contribution in [0.15, 0.2) is 18.2 Å². The zero-order valence-corrected chi connectivity index (χ0v) is 10.4. The number of carbonyl (C=O) groups is 1. The number of phenols is 1. The van der Waals surface area contributed by atoms with E-state index in [1.54, 1.807) is 11.8 Å². The summed E-state index contributed by atoms with van der Waals surface area (Å²) >= 11 is 1.69. The normalized spacial score (nSPS) is 9.65. The van der Waals surface area contributed by atoms with Gasteiger partial charge in [0.1, 0.15) is 5.75 Å². The second-order valence-electron chi connectivity index (χ2n) is 3.49. The highest BCUT2D eigenvalue weighted by atomic mass is 32.2. The number of nitrogens with zero attached hydrogens (tertiary/aromatic N) is 1. The van der Waals surface area contributed by atoms with Gasteiger partial charge in [0.15, 0.2) is 0 Å².